The molecule has 1 aromatic heterocycles. The number of nitrogens with zero attached hydrogens (tertiary/aromatic N) is 2. The zero-order chi connectivity index (χ0) is 12.8. The van der Waals surface area contributed by atoms with Crippen LogP contribution in [0.3, 0.4) is 0 Å². The molecule has 1 rings (SSSR count). The van der Waals surface area contributed by atoms with Gasteiger partial charge in [-0.2, -0.15) is 5.26 Å². The van der Waals surface area contributed by atoms with E-state index in [0.29, 0.717) is 0 Å². The molecule has 1 aromatic rings. The summed E-state index contributed by atoms with van der Waals surface area (Å²) < 4.78 is 4.81. The molecular weight excluding hydrogens is 226 g/mol. The third kappa shape index (κ3) is 3.32. The van der Waals surface area contributed by atoms with Crippen molar-refractivity contribution in [3.8, 4) is 6.07 Å². The lowest BCUT2D eigenvalue weighted by Gasteiger charge is -1.86. The molecule has 86 valence electrons. The third-order valence-electron chi connectivity index (χ3n) is 1.70. The largest absolute Gasteiger partial charge is 0.433 e. The summed E-state index contributed by atoms with van der Waals surface area (Å²) in [6.07, 6.45) is 3.90. The van der Waals surface area contributed by atoms with Crippen LogP contribution >= 0.6 is 0 Å². The van der Waals surface area contributed by atoms with Gasteiger partial charge in [0.2, 0.25) is 0 Å². The number of furan rings is 1. The first-order valence-corrected chi connectivity index (χ1v) is 4.37. The van der Waals surface area contributed by atoms with Gasteiger partial charge in [0.1, 0.15) is 22.3 Å². The van der Waals surface area contributed by atoms with Gasteiger partial charge in [-0.05, 0) is 18.2 Å². The van der Waals surface area contributed by atoms with E-state index in [4.69, 9.17) is 15.4 Å². The van der Waals surface area contributed by atoms with E-state index in [1.54, 1.807) is 6.07 Å². The molecule has 0 radical (unpaired) electrons. The Morgan fingerprint density at radius 2 is 2.29 bits per heavy atom. The first-order chi connectivity index (χ1) is 8.04. The van der Waals surface area contributed by atoms with Gasteiger partial charge in [-0.25, -0.2) is 0 Å². The number of carbonyl (C=O) groups excluding carboxylic acids is 1. The Labute approximate surface area is 95.6 Å². The summed E-state index contributed by atoms with van der Waals surface area (Å²) >= 11 is 0. The van der Waals surface area contributed by atoms with E-state index < -0.39 is 10.8 Å². The molecule has 0 aliphatic rings. The smallest absolute Gasteiger partial charge is 0.401 e. The highest BCUT2D eigenvalue weighted by Crippen LogP contribution is 2.16. The quantitative estimate of drug-likeness (QED) is 0.274. The van der Waals surface area contributed by atoms with Crippen LogP contribution in [0.5, 0.6) is 0 Å². The first kappa shape index (κ1) is 12.2. The minimum atomic E-state index is -0.845. The van der Waals surface area contributed by atoms with Crippen LogP contribution in [-0.4, -0.2) is 10.8 Å². The van der Waals surface area contributed by atoms with Crippen LogP contribution in [0, 0.1) is 21.4 Å². The fourth-order valence-electron chi connectivity index (χ4n) is 0.944. The van der Waals surface area contributed by atoms with Crippen molar-refractivity contribution in [1.82, 2.24) is 0 Å². The number of hydrogen-bond acceptors (Lipinski definition) is 5. The first-order valence-electron chi connectivity index (χ1n) is 4.37. The number of rotatable bonds is 4. The summed E-state index contributed by atoms with van der Waals surface area (Å²) in [5.41, 5.74) is 4.67. The molecule has 7 heteroatoms. The molecule has 0 aliphatic heterocycles. The van der Waals surface area contributed by atoms with E-state index in [1.807, 2.05) is 0 Å². The van der Waals surface area contributed by atoms with E-state index in [1.165, 1.54) is 30.4 Å². The van der Waals surface area contributed by atoms with Gasteiger partial charge in [0, 0.05) is 0 Å². The topological polar surface area (TPSA) is 123 Å². The number of nitro groups is 1. The maximum Gasteiger partial charge on any atom is 0.433 e. The van der Waals surface area contributed by atoms with Gasteiger partial charge in [0.05, 0.1) is 6.07 Å². The van der Waals surface area contributed by atoms with E-state index in [9.17, 15) is 14.9 Å². The van der Waals surface area contributed by atoms with Crippen molar-refractivity contribution >= 4 is 17.9 Å². The summed E-state index contributed by atoms with van der Waals surface area (Å²) in [6, 6.07) is 4.19. The third-order valence-corrected chi connectivity index (χ3v) is 1.70. The van der Waals surface area contributed by atoms with E-state index in [0.717, 1.165) is 0 Å². The summed E-state index contributed by atoms with van der Waals surface area (Å²) in [6.45, 7) is 0. The second-order valence-corrected chi connectivity index (χ2v) is 2.85. The Hall–Kier alpha value is -2.88. The maximum atomic E-state index is 10.7. The SMILES string of the molecule is N#C/C(=C\C=C\c1ccc([N+](=O)[O-])o1)C(N)=O. The van der Waals surface area contributed by atoms with E-state index >= 15 is 0 Å². The molecule has 0 spiro atoms. The van der Waals surface area contributed by atoms with Gasteiger partial charge < -0.3 is 10.2 Å². The maximum absolute atomic E-state index is 10.7. The minimum absolute atomic E-state index is 0.220. The highest BCUT2D eigenvalue weighted by molar-refractivity contribution is 5.96. The Morgan fingerprint density at radius 3 is 2.76 bits per heavy atom. The van der Waals surface area contributed by atoms with Crippen LogP contribution in [0.15, 0.2) is 34.3 Å². The molecule has 17 heavy (non-hydrogen) atoms. The molecule has 0 bridgehead atoms. The van der Waals surface area contributed by atoms with Crippen LogP contribution in [0.25, 0.3) is 6.08 Å². The molecule has 0 saturated carbocycles. The number of nitrogens with two attached hydrogens (primary N) is 1. The van der Waals surface area contributed by atoms with Gasteiger partial charge in [0.25, 0.3) is 5.91 Å². The summed E-state index contributed by atoms with van der Waals surface area (Å²) in [5, 5.41) is 18.8. The lowest BCUT2D eigenvalue weighted by molar-refractivity contribution is -0.402. The van der Waals surface area contributed by atoms with Crippen molar-refractivity contribution in [2.45, 2.75) is 0 Å². The monoisotopic (exact) mass is 233 g/mol. The zero-order valence-electron chi connectivity index (χ0n) is 8.49. The molecule has 0 aliphatic carbocycles. The van der Waals surface area contributed by atoms with Gasteiger partial charge in [-0.1, -0.05) is 6.08 Å². The number of allylic oxidation sites excluding steroid dienone is 2. The molecule has 1 heterocycles. The lowest BCUT2D eigenvalue weighted by Crippen LogP contribution is -2.12. The molecule has 0 saturated heterocycles. The molecular formula is C10H7N3O4. The average Bonchev–Trinajstić information content (AvgIpc) is 2.72. The molecule has 7 nitrogen and oxygen atoms in total. The normalized spacial score (nSPS) is 11.4. The predicted molar refractivity (Wildman–Crippen MR) is 57.3 cm³/mol. The van der Waals surface area contributed by atoms with Crippen molar-refractivity contribution in [1.29, 1.82) is 5.26 Å². The highest BCUT2D eigenvalue weighted by atomic mass is 16.6. The zero-order valence-corrected chi connectivity index (χ0v) is 8.49. The number of hydrogen-bond donors (Lipinski definition) is 1. The predicted octanol–water partition coefficient (Wildman–Crippen LogP) is 1.14. The molecule has 0 fully saturated rings. The fraction of sp³-hybridized carbons (Fsp3) is 0. The van der Waals surface area contributed by atoms with E-state index in [-0.39, 0.29) is 17.2 Å². The van der Waals surface area contributed by atoms with Crippen LogP contribution < -0.4 is 5.73 Å². The standard InChI is InChI=1S/C10H7N3O4/c11-6-7(10(12)14)2-1-3-8-4-5-9(17-8)13(15)16/h1-5H,(H2,12,14)/b3-1+,7-2+. The summed E-state index contributed by atoms with van der Waals surface area (Å²) in [5.74, 6) is -0.999. The van der Waals surface area contributed by atoms with Crippen molar-refractivity contribution < 1.29 is 14.1 Å². The molecule has 0 aromatic carbocycles. The van der Waals surface area contributed by atoms with Crippen molar-refractivity contribution in [3.63, 3.8) is 0 Å². The van der Waals surface area contributed by atoms with Gasteiger partial charge in [-0.15, -0.1) is 0 Å². The van der Waals surface area contributed by atoms with Crippen LogP contribution in [0.4, 0.5) is 5.88 Å². The van der Waals surface area contributed by atoms with Crippen molar-refractivity contribution in [3.05, 3.63) is 45.7 Å². The van der Waals surface area contributed by atoms with Gasteiger partial charge in [-0.3, -0.25) is 14.9 Å². The molecule has 0 atom stereocenters. The Kier molecular flexibility index (Phi) is 3.78. The van der Waals surface area contributed by atoms with Crippen molar-refractivity contribution in [2.24, 2.45) is 5.73 Å². The molecule has 0 unspecified atom stereocenters. The Morgan fingerprint density at radius 1 is 1.59 bits per heavy atom. The summed E-state index contributed by atoms with van der Waals surface area (Å²) in [7, 11) is 0. The molecule has 1 amide bonds. The minimum Gasteiger partial charge on any atom is -0.401 e. The van der Waals surface area contributed by atoms with Crippen LogP contribution in [0.2, 0.25) is 0 Å². The van der Waals surface area contributed by atoms with Gasteiger partial charge >= 0.3 is 5.88 Å². The number of primary amides is 1. The van der Waals surface area contributed by atoms with Crippen LogP contribution in [0.1, 0.15) is 5.76 Å². The van der Waals surface area contributed by atoms with E-state index in [2.05, 4.69) is 0 Å². The highest BCUT2D eigenvalue weighted by Gasteiger charge is 2.09. The summed E-state index contributed by atoms with van der Waals surface area (Å²) in [4.78, 5) is 20.3. The Balaban J connectivity index is 2.81. The fourth-order valence-corrected chi connectivity index (χ4v) is 0.944. The number of carbonyl (C=O) groups is 1. The number of nitriles is 1. The second kappa shape index (κ2) is 5.27. The van der Waals surface area contributed by atoms with Crippen molar-refractivity contribution in [2.75, 3.05) is 0 Å². The van der Waals surface area contributed by atoms with Gasteiger partial charge in [0.15, 0.2) is 0 Å². The average molecular weight is 233 g/mol. The molecule has 2 N–H and O–H groups in total. The number of amides is 1. The lowest BCUT2D eigenvalue weighted by atomic mass is 10.2. The van der Waals surface area contributed by atoms with Crippen LogP contribution in [-0.2, 0) is 4.79 Å². The second-order valence-electron chi connectivity index (χ2n) is 2.85. The Bertz CT molecular complexity index is 548.